The zero-order chi connectivity index (χ0) is 9.84. The molecule has 1 rings (SSSR count). The summed E-state index contributed by atoms with van der Waals surface area (Å²) in [5, 5.41) is 0. The Morgan fingerprint density at radius 1 is 1.23 bits per heavy atom. The Labute approximate surface area is 87.4 Å². The van der Waals surface area contributed by atoms with E-state index in [1.165, 1.54) is 37.7 Å². The minimum absolute atomic E-state index is 0.510. The Kier molecular flexibility index (Phi) is 4.11. The number of allylic oxidation sites excluding steroid dienone is 1. The first kappa shape index (κ1) is 10.9. The van der Waals surface area contributed by atoms with Crippen LogP contribution in [0.5, 0.6) is 0 Å². The molecule has 74 valence electrons. The normalized spacial score (nSPS) is 21.1. The van der Waals surface area contributed by atoms with Crippen LogP contribution in [0.4, 0.5) is 0 Å². The summed E-state index contributed by atoms with van der Waals surface area (Å²) < 4.78 is 0. The quantitative estimate of drug-likeness (QED) is 0.483. The molecule has 0 saturated heterocycles. The highest BCUT2D eigenvalue weighted by Gasteiger charge is 2.25. The van der Waals surface area contributed by atoms with E-state index in [2.05, 4.69) is 20.4 Å². The Hall–Kier alpha value is -0.170. The fourth-order valence-electron chi connectivity index (χ4n) is 2.55. The smallest absolute Gasteiger partial charge is 0.0132 e. The molecule has 0 aromatic rings. The molecule has 0 spiro atoms. The van der Waals surface area contributed by atoms with Crippen LogP contribution in [0.25, 0.3) is 0 Å². The third-order valence-corrected chi connectivity index (χ3v) is 3.34. The predicted molar refractivity (Wildman–Crippen MR) is 63.2 cm³/mol. The highest BCUT2D eigenvalue weighted by molar-refractivity contribution is 7.80. The van der Waals surface area contributed by atoms with E-state index in [0.717, 1.165) is 10.8 Å². The lowest BCUT2D eigenvalue weighted by Crippen LogP contribution is -2.23. The largest absolute Gasteiger partial charge is 0.0995 e. The van der Waals surface area contributed by atoms with Crippen molar-refractivity contribution in [3.8, 4) is 0 Å². The van der Waals surface area contributed by atoms with Crippen molar-refractivity contribution in [1.29, 1.82) is 0 Å². The van der Waals surface area contributed by atoms with Crippen molar-refractivity contribution in [2.24, 2.45) is 11.8 Å². The minimum atomic E-state index is 0.510. The molecule has 1 atom stereocenters. The molecule has 1 fully saturated rings. The minimum Gasteiger partial charge on any atom is -0.0995 e. The summed E-state index contributed by atoms with van der Waals surface area (Å²) in [6.45, 7) is 8.26. The highest BCUT2D eigenvalue weighted by Crippen LogP contribution is 2.34. The number of rotatable bonds is 3. The summed E-state index contributed by atoms with van der Waals surface area (Å²) in [6, 6.07) is 0. The van der Waals surface area contributed by atoms with Gasteiger partial charge in [-0.05, 0) is 37.5 Å². The second-order valence-electron chi connectivity index (χ2n) is 4.33. The number of hydrogen-bond donors (Lipinski definition) is 0. The maximum Gasteiger partial charge on any atom is 0.0132 e. The first-order valence-electron chi connectivity index (χ1n) is 5.28. The second kappa shape index (κ2) is 4.90. The predicted octanol–water partition coefficient (Wildman–Crippen LogP) is 4.15. The van der Waals surface area contributed by atoms with Crippen LogP contribution in [0.3, 0.4) is 0 Å². The molecule has 1 saturated carbocycles. The number of thiocarbonyl (C=S) groups is 1. The van der Waals surface area contributed by atoms with E-state index in [0.29, 0.717) is 5.92 Å². The summed E-state index contributed by atoms with van der Waals surface area (Å²) in [7, 11) is 0. The molecule has 1 heteroatoms. The molecule has 0 aromatic carbocycles. The number of hydrogen-bond acceptors (Lipinski definition) is 1. The van der Waals surface area contributed by atoms with Crippen LogP contribution in [-0.4, -0.2) is 4.86 Å². The van der Waals surface area contributed by atoms with Crippen molar-refractivity contribution in [2.45, 2.75) is 46.0 Å². The maximum absolute atomic E-state index is 5.31. The molecule has 0 N–H and O–H groups in total. The van der Waals surface area contributed by atoms with Crippen molar-refractivity contribution < 1.29 is 0 Å². The first-order valence-corrected chi connectivity index (χ1v) is 5.69. The van der Waals surface area contributed by atoms with Gasteiger partial charge in [0.05, 0.1) is 0 Å². The van der Waals surface area contributed by atoms with E-state index in [1.807, 2.05) is 0 Å². The van der Waals surface area contributed by atoms with Crippen molar-refractivity contribution in [1.82, 2.24) is 0 Å². The summed E-state index contributed by atoms with van der Waals surface area (Å²) in [5.41, 5.74) is 1.26. The van der Waals surface area contributed by atoms with Gasteiger partial charge in [-0.2, -0.15) is 0 Å². The van der Waals surface area contributed by atoms with Crippen LogP contribution in [0.15, 0.2) is 12.2 Å². The molecule has 0 radical (unpaired) electrons. The Morgan fingerprint density at radius 2 is 1.77 bits per heavy atom. The molecule has 0 aromatic heterocycles. The molecule has 0 aliphatic heterocycles. The lowest BCUT2D eigenvalue weighted by atomic mass is 9.76. The molecule has 0 nitrogen and oxygen atoms in total. The lowest BCUT2D eigenvalue weighted by molar-refractivity contribution is 0.322. The van der Waals surface area contributed by atoms with Gasteiger partial charge in [0, 0.05) is 5.92 Å². The Balaban J connectivity index is 2.62. The van der Waals surface area contributed by atoms with Gasteiger partial charge in [0.15, 0.2) is 0 Å². The topological polar surface area (TPSA) is 0 Å². The van der Waals surface area contributed by atoms with Crippen LogP contribution >= 0.6 is 12.2 Å². The van der Waals surface area contributed by atoms with Gasteiger partial charge in [-0.25, -0.2) is 0 Å². The van der Waals surface area contributed by atoms with Gasteiger partial charge in [0.1, 0.15) is 0 Å². The van der Waals surface area contributed by atoms with E-state index in [-0.39, 0.29) is 0 Å². The van der Waals surface area contributed by atoms with E-state index in [9.17, 15) is 0 Å². The van der Waals surface area contributed by atoms with Gasteiger partial charge in [0.2, 0.25) is 0 Å². The third-order valence-electron chi connectivity index (χ3n) is 3.09. The molecule has 0 amide bonds. The van der Waals surface area contributed by atoms with E-state index in [1.54, 1.807) is 0 Å². The maximum atomic E-state index is 5.31. The van der Waals surface area contributed by atoms with Crippen molar-refractivity contribution in [3.63, 3.8) is 0 Å². The molecule has 13 heavy (non-hydrogen) atoms. The van der Waals surface area contributed by atoms with Crippen LogP contribution in [0, 0.1) is 11.8 Å². The van der Waals surface area contributed by atoms with Gasteiger partial charge >= 0.3 is 0 Å². The summed E-state index contributed by atoms with van der Waals surface area (Å²) >= 11 is 5.31. The van der Waals surface area contributed by atoms with Gasteiger partial charge in [-0.15, -0.1) is 0 Å². The van der Waals surface area contributed by atoms with Crippen molar-refractivity contribution in [2.75, 3.05) is 0 Å². The zero-order valence-corrected chi connectivity index (χ0v) is 9.62. The molecule has 0 bridgehead atoms. The third kappa shape index (κ3) is 2.91. The second-order valence-corrected chi connectivity index (χ2v) is 4.98. The molecular formula is C12H20S. The Morgan fingerprint density at radius 3 is 2.15 bits per heavy atom. The van der Waals surface area contributed by atoms with Crippen LogP contribution in [0.2, 0.25) is 0 Å². The van der Waals surface area contributed by atoms with Crippen LogP contribution in [-0.2, 0) is 0 Å². The average Bonchev–Trinajstić information content (AvgIpc) is 2.04. The summed E-state index contributed by atoms with van der Waals surface area (Å²) in [5.74, 6) is 1.30. The molecule has 1 unspecified atom stereocenters. The fraction of sp³-hybridized carbons (Fsp3) is 0.750. The lowest BCUT2D eigenvalue weighted by Gasteiger charge is -2.30. The SMILES string of the molecule is C=C(C)C(C(C)=S)C1CCCCC1. The van der Waals surface area contributed by atoms with Crippen LogP contribution < -0.4 is 0 Å². The first-order chi connectivity index (χ1) is 6.13. The van der Waals surface area contributed by atoms with Gasteiger partial charge < -0.3 is 0 Å². The Bertz CT molecular complexity index is 185. The van der Waals surface area contributed by atoms with Gasteiger partial charge in [-0.1, -0.05) is 43.6 Å². The molecule has 1 aliphatic rings. The van der Waals surface area contributed by atoms with E-state index < -0.39 is 0 Å². The monoisotopic (exact) mass is 196 g/mol. The average molecular weight is 196 g/mol. The summed E-state index contributed by atoms with van der Waals surface area (Å²) in [6.07, 6.45) is 6.89. The van der Waals surface area contributed by atoms with E-state index in [4.69, 9.17) is 12.2 Å². The summed E-state index contributed by atoms with van der Waals surface area (Å²) in [4.78, 5) is 1.14. The van der Waals surface area contributed by atoms with E-state index >= 15 is 0 Å². The van der Waals surface area contributed by atoms with Gasteiger partial charge in [0.25, 0.3) is 0 Å². The van der Waals surface area contributed by atoms with Crippen LogP contribution in [0.1, 0.15) is 46.0 Å². The molecule has 1 aliphatic carbocycles. The zero-order valence-electron chi connectivity index (χ0n) is 8.81. The van der Waals surface area contributed by atoms with Crippen molar-refractivity contribution in [3.05, 3.63) is 12.2 Å². The molecule has 0 heterocycles. The fourth-order valence-corrected chi connectivity index (χ4v) is 2.94. The van der Waals surface area contributed by atoms with Crippen molar-refractivity contribution >= 4 is 17.1 Å². The van der Waals surface area contributed by atoms with Gasteiger partial charge in [-0.3, -0.25) is 0 Å². The molecular weight excluding hydrogens is 176 g/mol. The standard InChI is InChI=1S/C12H20S/c1-9(2)12(10(3)13)11-7-5-4-6-8-11/h11-12H,1,4-8H2,2-3H3. The highest BCUT2D eigenvalue weighted by atomic mass is 32.1.